The van der Waals surface area contributed by atoms with Crippen molar-refractivity contribution in [1.82, 2.24) is 0 Å². The van der Waals surface area contributed by atoms with Crippen molar-refractivity contribution >= 4 is 23.2 Å². The number of benzene rings is 2. The van der Waals surface area contributed by atoms with Crippen LogP contribution in [0.15, 0.2) is 42.5 Å². The van der Waals surface area contributed by atoms with Crippen LogP contribution < -0.4 is 14.8 Å². The predicted octanol–water partition coefficient (Wildman–Crippen LogP) is 5.13. The molecule has 0 radical (unpaired) electrons. The Hall–Kier alpha value is -2.20. The van der Waals surface area contributed by atoms with Crippen LogP contribution in [-0.4, -0.2) is 19.6 Å². The molecule has 5 heteroatoms. The maximum absolute atomic E-state index is 12.8. The number of ether oxygens (including phenoxy) is 2. The van der Waals surface area contributed by atoms with Gasteiger partial charge >= 0.3 is 0 Å². The lowest BCUT2D eigenvalue weighted by Gasteiger charge is -2.21. The third kappa shape index (κ3) is 4.89. The Morgan fingerprint density at radius 2 is 1.80 bits per heavy atom. The lowest BCUT2D eigenvalue weighted by atomic mass is 9.87. The van der Waals surface area contributed by atoms with Crippen LogP contribution in [-0.2, 0) is 4.79 Å². The second-order valence-electron chi connectivity index (χ2n) is 6.06. The van der Waals surface area contributed by atoms with Crippen LogP contribution in [0.4, 0.5) is 5.69 Å². The van der Waals surface area contributed by atoms with Crippen molar-refractivity contribution in [1.29, 1.82) is 0 Å². The van der Waals surface area contributed by atoms with E-state index in [2.05, 4.69) is 5.32 Å². The Morgan fingerprint density at radius 3 is 2.36 bits per heavy atom. The first-order valence-corrected chi connectivity index (χ1v) is 8.71. The molecular weight excluding hydrogens is 338 g/mol. The monoisotopic (exact) mass is 361 g/mol. The van der Waals surface area contributed by atoms with Gasteiger partial charge in [-0.05, 0) is 42.7 Å². The van der Waals surface area contributed by atoms with Crippen LogP contribution >= 0.6 is 11.6 Å². The summed E-state index contributed by atoms with van der Waals surface area (Å²) < 4.78 is 10.8. The van der Waals surface area contributed by atoms with Crippen LogP contribution in [0.1, 0.15) is 32.3 Å². The SMILES string of the molecule is CCOc1ccc(NC(=O)[C@H](c2ccc(Cl)cc2)C(C)C)cc1OC. The molecule has 0 aliphatic carbocycles. The summed E-state index contributed by atoms with van der Waals surface area (Å²) in [5.41, 5.74) is 1.61. The second-order valence-corrected chi connectivity index (χ2v) is 6.50. The lowest BCUT2D eigenvalue weighted by Crippen LogP contribution is -2.25. The standard InChI is InChI=1S/C20H24ClNO3/c1-5-25-17-11-10-16(12-18(17)24-4)22-20(23)19(13(2)3)14-6-8-15(21)9-7-14/h6-13,19H,5H2,1-4H3,(H,22,23)/t19-/m0/s1. The van der Waals surface area contributed by atoms with E-state index in [1.54, 1.807) is 31.4 Å². The summed E-state index contributed by atoms with van der Waals surface area (Å²) in [4.78, 5) is 12.8. The van der Waals surface area contributed by atoms with Crippen LogP contribution in [0, 0.1) is 5.92 Å². The summed E-state index contributed by atoms with van der Waals surface area (Å²) in [5.74, 6) is 1.05. The van der Waals surface area contributed by atoms with E-state index in [0.717, 1.165) is 5.56 Å². The highest BCUT2D eigenvalue weighted by Gasteiger charge is 2.24. The number of nitrogens with one attached hydrogen (secondary N) is 1. The minimum absolute atomic E-state index is 0.0662. The van der Waals surface area contributed by atoms with Crippen LogP contribution in [0.5, 0.6) is 11.5 Å². The van der Waals surface area contributed by atoms with Crippen molar-refractivity contribution in [3.05, 3.63) is 53.1 Å². The van der Waals surface area contributed by atoms with Crippen molar-refractivity contribution in [2.24, 2.45) is 5.92 Å². The smallest absolute Gasteiger partial charge is 0.232 e. The molecular formula is C20H24ClNO3. The van der Waals surface area contributed by atoms with Gasteiger partial charge in [-0.25, -0.2) is 0 Å². The van der Waals surface area contributed by atoms with Crippen LogP contribution in [0.2, 0.25) is 5.02 Å². The van der Waals surface area contributed by atoms with Gasteiger partial charge in [-0.2, -0.15) is 0 Å². The highest BCUT2D eigenvalue weighted by atomic mass is 35.5. The Balaban J connectivity index is 2.22. The fourth-order valence-corrected chi connectivity index (χ4v) is 2.88. The zero-order chi connectivity index (χ0) is 18.4. The third-order valence-corrected chi connectivity index (χ3v) is 4.16. The molecule has 0 spiro atoms. The van der Waals surface area contributed by atoms with E-state index >= 15 is 0 Å². The number of carbonyl (C=O) groups is 1. The fraction of sp³-hybridized carbons (Fsp3) is 0.350. The molecule has 4 nitrogen and oxygen atoms in total. The molecule has 2 rings (SSSR count). The molecule has 0 aliphatic heterocycles. The van der Waals surface area contributed by atoms with Gasteiger partial charge in [0.25, 0.3) is 0 Å². The third-order valence-electron chi connectivity index (χ3n) is 3.91. The Bertz CT molecular complexity index is 713. The highest BCUT2D eigenvalue weighted by Crippen LogP contribution is 2.32. The summed E-state index contributed by atoms with van der Waals surface area (Å²) in [6.07, 6.45) is 0. The number of amides is 1. The van der Waals surface area contributed by atoms with E-state index in [-0.39, 0.29) is 17.7 Å². The van der Waals surface area contributed by atoms with E-state index in [4.69, 9.17) is 21.1 Å². The second kappa shape index (κ2) is 8.77. The van der Waals surface area contributed by atoms with Gasteiger partial charge in [-0.15, -0.1) is 0 Å². The zero-order valence-electron chi connectivity index (χ0n) is 15.0. The van der Waals surface area contributed by atoms with Gasteiger partial charge < -0.3 is 14.8 Å². The first-order valence-electron chi connectivity index (χ1n) is 8.33. The molecule has 2 aromatic carbocycles. The summed E-state index contributed by atoms with van der Waals surface area (Å²) in [5, 5.41) is 3.63. The first kappa shape index (κ1) is 19.1. The molecule has 0 heterocycles. The number of hydrogen-bond donors (Lipinski definition) is 1. The molecule has 25 heavy (non-hydrogen) atoms. The van der Waals surface area contributed by atoms with E-state index in [9.17, 15) is 4.79 Å². The number of anilines is 1. The van der Waals surface area contributed by atoms with E-state index in [1.807, 2.05) is 39.0 Å². The van der Waals surface area contributed by atoms with Crippen LogP contribution in [0.3, 0.4) is 0 Å². The van der Waals surface area contributed by atoms with Crippen molar-refractivity contribution in [3.63, 3.8) is 0 Å². The normalized spacial score (nSPS) is 11.9. The van der Waals surface area contributed by atoms with Crippen molar-refractivity contribution in [3.8, 4) is 11.5 Å². The number of methoxy groups -OCH3 is 1. The maximum Gasteiger partial charge on any atom is 0.232 e. The molecule has 1 N–H and O–H groups in total. The lowest BCUT2D eigenvalue weighted by molar-refractivity contribution is -0.118. The fourth-order valence-electron chi connectivity index (χ4n) is 2.75. The Kier molecular flexibility index (Phi) is 6.71. The summed E-state index contributed by atoms with van der Waals surface area (Å²) in [7, 11) is 1.58. The van der Waals surface area contributed by atoms with Crippen molar-refractivity contribution in [2.45, 2.75) is 26.7 Å². The van der Waals surface area contributed by atoms with Gasteiger partial charge in [-0.3, -0.25) is 4.79 Å². The minimum Gasteiger partial charge on any atom is -0.493 e. The Morgan fingerprint density at radius 1 is 1.12 bits per heavy atom. The first-order chi connectivity index (χ1) is 12.0. The molecule has 1 amide bonds. The van der Waals surface area contributed by atoms with Gasteiger partial charge in [0.2, 0.25) is 5.91 Å². The van der Waals surface area contributed by atoms with Crippen LogP contribution in [0.25, 0.3) is 0 Å². The van der Waals surface area contributed by atoms with E-state index < -0.39 is 0 Å². The van der Waals surface area contributed by atoms with E-state index in [1.165, 1.54) is 0 Å². The molecule has 0 unspecified atom stereocenters. The number of hydrogen-bond acceptors (Lipinski definition) is 3. The molecule has 0 saturated carbocycles. The summed E-state index contributed by atoms with van der Waals surface area (Å²) >= 11 is 5.95. The average molecular weight is 362 g/mol. The Labute approximate surface area is 154 Å². The zero-order valence-corrected chi connectivity index (χ0v) is 15.8. The molecule has 1 atom stereocenters. The topological polar surface area (TPSA) is 47.6 Å². The quantitative estimate of drug-likeness (QED) is 0.744. The van der Waals surface area contributed by atoms with Gasteiger partial charge in [0, 0.05) is 16.8 Å². The largest absolute Gasteiger partial charge is 0.493 e. The van der Waals surface area contributed by atoms with Crippen molar-refractivity contribution in [2.75, 3.05) is 19.0 Å². The van der Waals surface area contributed by atoms with E-state index in [0.29, 0.717) is 28.8 Å². The molecule has 0 fully saturated rings. The molecule has 0 aromatic heterocycles. The predicted molar refractivity (Wildman–Crippen MR) is 102 cm³/mol. The molecule has 0 saturated heterocycles. The number of carbonyl (C=O) groups excluding carboxylic acids is 1. The molecule has 0 aliphatic rings. The van der Waals surface area contributed by atoms with Gasteiger partial charge in [0.05, 0.1) is 19.6 Å². The summed E-state index contributed by atoms with van der Waals surface area (Å²) in [6, 6.07) is 12.8. The summed E-state index contributed by atoms with van der Waals surface area (Å²) in [6.45, 7) is 6.51. The molecule has 2 aromatic rings. The number of rotatable bonds is 7. The van der Waals surface area contributed by atoms with Gasteiger partial charge in [-0.1, -0.05) is 37.6 Å². The minimum atomic E-state index is -0.269. The van der Waals surface area contributed by atoms with Gasteiger partial charge in [0.1, 0.15) is 0 Å². The van der Waals surface area contributed by atoms with Crippen molar-refractivity contribution < 1.29 is 14.3 Å². The highest BCUT2D eigenvalue weighted by molar-refractivity contribution is 6.30. The van der Waals surface area contributed by atoms with Gasteiger partial charge in [0.15, 0.2) is 11.5 Å². The average Bonchev–Trinajstić information content (AvgIpc) is 2.58. The maximum atomic E-state index is 12.8. The molecule has 134 valence electrons. The molecule has 0 bridgehead atoms. The number of halogens is 1.